The van der Waals surface area contributed by atoms with E-state index >= 15 is 0 Å². The van der Waals surface area contributed by atoms with Crippen LogP contribution in [0.15, 0.2) is 72.8 Å². The molecule has 182 valence electrons. The zero-order chi connectivity index (χ0) is 25.1. The molecule has 0 radical (unpaired) electrons. The summed E-state index contributed by atoms with van der Waals surface area (Å²) >= 11 is 0. The largest absolute Gasteiger partial charge is 0.363 e. The molecule has 5 rings (SSSR count). The van der Waals surface area contributed by atoms with Gasteiger partial charge in [0.05, 0.1) is 5.69 Å². The molecular formula is C28H28N6O2. The molecule has 0 aliphatic carbocycles. The van der Waals surface area contributed by atoms with Crippen molar-refractivity contribution in [3.63, 3.8) is 0 Å². The highest BCUT2D eigenvalue weighted by Gasteiger charge is 2.17. The molecule has 0 unspecified atom stereocenters. The Labute approximate surface area is 209 Å². The van der Waals surface area contributed by atoms with Crippen LogP contribution in [0.2, 0.25) is 0 Å². The molecular weight excluding hydrogens is 452 g/mol. The quantitative estimate of drug-likeness (QED) is 0.441. The van der Waals surface area contributed by atoms with Gasteiger partial charge in [0.15, 0.2) is 0 Å². The number of nitrogens with zero attached hydrogens (tertiary/aromatic N) is 4. The monoisotopic (exact) mass is 480 g/mol. The average Bonchev–Trinajstić information content (AvgIpc) is 3.32. The summed E-state index contributed by atoms with van der Waals surface area (Å²) in [6, 6.07) is 24.3. The van der Waals surface area contributed by atoms with Crippen LogP contribution in [0, 0.1) is 6.92 Å². The topological polar surface area (TPSA) is 106 Å². The molecule has 4 aromatic rings. The fourth-order valence-corrected chi connectivity index (χ4v) is 4.40. The normalized spacial score (nSPS) is 13.5. The summed E-state index contributed by atoms with van der Waals surface area (Å²) in [5, 5.41) is 7.45. The van der Waals surface area contributed by atoms with Gasteiger partial charge in [-0.25, -0.2) is 9.67 Å². The van der Waals surface area contributed by atoms with Crippen molar-refractivity contribution in [1.82, 2.24) is 25.0 Å². The third-order valence-corrected chi connectivity index (χ3v) is 6.40. The number of nitrogens with two attached hydrogens (primary N) is 1. The lowest BCUT2D eigenvalue weighted by atomic mass is 9.99. The molecule has 1 fully saturated rings. The number of nitrogens with one attached hydrogen (secondary N) is 1. The SMILES string of the molecule is Cc1nc(C(N)=O)nn1-c1ccc(Cc2ccc(-c3ccc(C(=O)N4CCNCC4)cc3)cc2)cc1. The first-order valence-electron chi connectivity index (χ1n) is 12.0. The van der Waals surface area contributed by atoms with E-state index in [1.165, 1.54) is 5.56 Å². The summed E-state index contributed by atoms with van der Waals surface area (Å²) in [5.74, 6) is 0.0686. The summed E-state index contributed by atoms with van der Waals surface area (Å²) in [7, 11) is 0. The van der Waals surface area contributed by atoms with Gasteiger partial charge in [0.1, 0.15) is 5.82 Å². The summed E-state index contributed by atoms with van der Waals surface area (Å²) in [4.78, 5) is 30.0. The standard InChI is InChI=1S/C28H28N6O2/c1-19-31-27(26(29)35)32-34(19)25-12-4-21(5-13-25)18-20-2-6-22(7-3-20)23-8-10-24(11-9-23)28(36)33-16-14-30-15-17-33/h2-13,30H,14-18H2,1H3,(H2,29,35). The van der Waals surface area contributed by atoms with Crippen LogP contribution < -0.4 is 11.1 Å². The Bertz CT molecular complexity index is 1370. The van der Waals surface area contributed by atoms with Crippen molar-refractivity contribution in [2.24, 2.45) is 5.73 Å². The second-order valence-corrected chi connectivity index (χ2v) is 8.92. The maximum Gasteiger partial charge on any atom is 0.288 e. The van der Waals surface area contributed by atoms with Gasteiger partial charge in [0, 0.05) is 31.7 Å². The van der Waals surface area contributed by atoms with Crippen molar-refractivity contribution >= 4 is 11.8 Å². The molecule has 0 bridgehead atoms. The van der Waals surface area contributed by atoms with Gasteiger partial charge in [-0.3, -0.25) is 9.59 Å². The molecule has 8 heteroatoms. The van der Waals surface area contributed by atoms with Crippen molar-refractivity contribution in [3.05, 3.63) is 101 Å². The van der Waals surface area contributed by atoms with Gasteiger partial charge in [-0.1, -0.05) is 48.5 Å². The van der Waals surface area contributed by atoms with E-state index in [4.69, 9.17) is 5.73 Å². The van der Waals surface area contributed by atoms with Crippen LogP contribution in [-0.4, -0.2) is 57.7 Å². The third-order valence-electron chi connectivity index (χ3n) is 6.40. The molecule has 36 heavy (non-hydrogen) atoms. The fourth-order valence-electron chi connectivity index (χ4n) is 4.40. The minimum atomic E-state index is -0.642. The number of piperazine rings is 1. The molecule has 1 aliphatic heterocycles. The number of benzene rings is 3. The second-order valence-electron chi connectivity index (χ2n) is 8.92. The van der Waals surface area contributed by atoms with Crippen molar-refractivity contribution in [1.29, 1.82) is 0 Å². The van der Waals surface area contributed by atoms with Gasteiger partial charge in [0.25, 0.3) is 11.8 Å². The van der Waals surface area contributed by atoms with Crippen molar-refractivity contribution < 1.29 is 9.59 Å². The van der Waals surface area contributed by atoms with Gasteiger partial charge in [-0.15, -0.1) is 5.10 Å². The zero-order valence-corrected chi connectivity index (χ0v) is 20.1. The van der Waals surface area contributed by atoms with E-state index in [1.807, 2.05) is 53.4 Å². The molecule has 2 amide bonds. The van der Waals surface area contributed by atoms with Crippen LogP contribution in [0.1, 0.15) is 37.9 Å². The van der Waals surface area contributed by atoms with Gasteiger partial charge in [0.2, 0.25) is 5.82 Å². The van der Waals surface area contributed by atoms with Crippen LogP contribution in [0.5, 0.6) is 0 Å². The Hall–Kier alpha value is -4.30. The van der Waals surface area contributed by atoms with E-state index in [-0.39, 0.29) is 11.7 Å². The smallest absolute Gasteiger partial charge is 0.288 e. The van der Waals surface area contributed by atoms with Crippen molar-refractivity contribution in [3.8, 4) is 16.8 Å². The number of aryl methyl sites for hydroxylation is 1. The molecule has 0 atom stereocenters. The summed E-state index contributed by atoms with van der Waals surface area (Å²) in [5.41, 5.74) is 11.4. The maximum atomic E-state index is 12.7. The molecule has 1 aromatic heterocycles. The predicted molar refractivity (Wildman–Crippen MR) is 138 cm³/mol. The van der Waals surface area contributed by atoms with Crippen LogP contribution in [0.3, 0.4) is 0 Å². The number of rotatable bonds is 6. The van der Waals surface area contributed by atoms with E-state index in [2.05, 4.69) is 39.7 Å². The minimum Gasteiger partial charge on any atom is -0.363 e. The van der Waals surface area contributed by atoms with Gasteiger partial charge >= 0.3 is 0 Å². The molecule has 1 saturated heterocycles. The maximum absolute atomic E-state index is 12.7. The lowest BCUT2D eigenvalue weighted by Crippen LogP contribution is -2.46. The van der Waals surface area contributed by atoms with Crippen LogP contribution in [-0.2, 0) is 6.42 Å². The van der Waals surface area contributed by atoms with Crippen molar-refractivity contribution in [2.75, 3.05) is 26.2 Å². The lowest BCUT2D eigenvalue weighted by molar-refractivity contribution is 0.0735. The van der Waals surface area contributed by atoms with E-state index in [9.17, 15) is 9.59 Å². The third kappa shape index (κ3) is 5.04. The Morgan fingerprint density at radius 2 is 1.42 bits per heavy atom. The average molecular weight is 481 g/mol. The molecule has 0 saturated carbocycles. The van der Waals surface area contributed by atoms with E-state index in [1.54, 1.807) is 11.6 Å². The van der Waals surface area contributed by atoms with E-state index in [0.29, 0.717) is 5.82 Å². The van der Waals surface area contributed by atoms with Crippen LogP contribution >= 0.6 is 0 Å². The van der Waals surface area contributed by atoms with Crippen molar-refractivity contribution in [2.45, 2.75) is 13.3 Å². The first kappa shape index (κ1) is 23.4. The Balaban J connectivity index is 1.24. The Kier molecular flexibility index (Phi) is 6.60. The summed E-state index contributed by atoms with van der Waals surface area (Å²) in [6.45, 7) is 4.98. The lowest BCUT2D eigenvalue weighted by Gasteiger charge is -2.27. The molecule has 2 heterocycles. The van der Waals surface area contributed by atoms with Gasteiger partial charge < -0.3 is 16.0 Å². The second kappa shape index (κ2) is 10.1. The van der Waals surface area contributed by atoms with E-state index < -0.39 is 5.91 Å². The Morgan fingerprint density at radius 1 is 0.861 bits per heavy atom. The van der Waals surface area contributed by atoms with Crippen LogP contribution in [0.25, 0.3) is 16.8 Å². The first-order valence-corrected chi connectivity index (χ1v) is 12.0. The number of hydrogen-bond acceptors (Lipinski definition) is 5. The number of primary amides is 1. The number of carbonyl (C=O) groups is 2. The number of hydrogen-bond donors (Lipinski definition) is 2. The highest BCUT2D eigenvalue weighted by Crippen LogP contribution is 2.22. The van der Waals surface area contributed by atoms with Gasteiger partial charge in [-0.05, 0) is 59.9 Å². The molecule has 0 spiro atoms. The predicted octanol–water partition coefficient (Wildman–Crippen LogP) is 2.98. The highest BCUT2D eigenvalue weighted by molar-refractivity contribution is 5.94. The number of aromatic nitrogens is 3. The molecule has 1 aliphatic rings. The fraction of sp³-hybridized carbons (Fsp3) is 0.214. The summed E-state index contributed by atoms with van der Waals surface area (Å²) < 4.78 is 1.61. The highest BCUT2D eigenvalue weighted by atomic mass is 16.2. The first-order chi connectivity index (χ1) is 17.5. The van der Waals surface area contributed by atoms with E-state index in [0.717, 1.165) is 60.5 Å². The zero-order valence-electron chi connectivity index (χ0n) is 20.1. The Morgan fingerprint density at radius 3 is 1.97 bits per heavy atom. The molecule has 3 aromatic carbocycles. The number of carbonyl (C=O) groups excluding carboxylic acids is 2. The number of amides is 2. The molecule has 8 nitrogen and oxygen atoms in total. The summed E-state index contributed by atoms with van der Waals surface area (Å²) in [6.07, 6.45) is 0.793. The van der Waals surface area contributed by atoms with Crippen LogP contribution in [0.4, 0.5) is 0 Å². The molecule has 3 N–H and O–H groups in total. The van der Waals surface area contributed by atoms with Gasteiger partial charge in [-0.2, -0.15) is 0 Å². The minimum absolute atomic E-state index is 0.0115.